The summed E-state index contributed by atoms with van der Waals surface area (Å²) < 4.78 is 25.9. The number of hydrogen-bond donors (Lipinski definition) is 0. The summed E-state index contributed by atoms with van der Waals surface area (Å²) >= 11 is 3.19. The van der Waals surface area contributed by atoms with E-state index in [-0.39, 0.29) is 24.5 Å². The minimum Gasteiger partial charge on any atom is -0.382 e. The molecule has 0 spiro atoms. The fourth-order valence-electron chi connectivity index (χ4n) is 3.46. The minimum atomic E-state index is -0.374. The van der Waals surface area contributed by atoms with Crippen LogP contribution in [0.15, 0.2) is 17.7 Å². The van der Waals surface area contributed by atoms with E-state index in [0.717, 1.165) is 25.6 Å². The van der Waals surface area contributed by atoms with Crippen LogP contribution in [0.25, 0.3) is 20.6 Å². The molecule has 1 aliphatic rings. The van der Waals surface area contributed by atoms with Gasteiger partial charge in [0.15, 0.2) is 6.23 Å². The Bertz CT molecular complexity index is 914. The molecular weight excluding hydrogens is 376 g/mol. The quantitative estimate of drug-likeness (QED) is 0.464. The SMILES string of the molecule is COC[C@H]1O[C@@H](n2cnc3sc4c(SC)ncnc4c32)[C@H](OC)[C@@H]1OC. The number of thiophene rings is 1. The standard InChI is InChI=1S/C16H20N4O4S2/c1-21-5-8-11(22-2)12(23-3)16(24-8)20-7-19-14-10(20)9-13(26-14)15(25-4)18-6-17-9/h6-8,11-12,16H,5H2,1-4H3/t8-,11-,12-,16-/m1/s1. The Morgan fingerprint density at radius 3 is 2.69 bits per heavy atom. The first-order chi connectivity index (χ1) is 12.7. The van der Waals surface area contributed by atoms with Crippen LogP contribution in [0.3, 0.4) is 0 Å². The van der Waals surface area contributed by atoms with Crippen molar-refractivity contribution in [3.8, 4) is 0 Å². The lowest BCUT2D eigenvalue weighted by Crippen LogP contribution is -2.36. The van der Waals surface area contributed by atoms with Crippen molar-refractivity contribution in [3.63, 3.8) is 0 Å². The van der Waals surface area contributed by atoms with Gasteiger partial charge in [-0.25, -0.2) is 15.0 Å². The van der Waals surface area contributed by atoms with Gasteiger partial charge in [-0.2, -0.15) is 0 Å². The van der Waals surface area contributed by atoms with Crippen molar-refractivity contribution in [2.75, 3.05) is 34.2 Å². The molecule has 10 heteroatoms. The van der Waals surface area contributed by atoms with Crippen molar-refractivity contribution in [2.24, 2.45) is 0 Å². The van der Waals surface area contributed by atoms with Gasteiger partial charge in [0.25, 0.3) is 0 Å². The number of rotatable bonds is 6. The summed E-state index contributed by atoms with van der Waals surface area (Å²) in [4.78, 5) is 14.3. The minimum absolute atomic E-state index is 0.223. The molecule has 0 aromatic carbocycles. The summed E-state index contributed by atoms with van der Waals surface area (Å²) in [7, 11) is 4.97. The molecule has 0 amide bonds. The molecule has 0 saturated carbocycles. The van der Waals surface area contributed by atoms with Crippen molar-refractivity contribution >= 4 is 43.7 Å². The van der Waals surface area contributed by atoms with Crippen molar-refractivity contribution in [1.29, 1.82) is 0 Å². The van der Waals surface area contributed by atoms with Gasteiger partial charge in [-0.3, -0.25) is 4.57 Å². The van der Waals surface area contributed by atoms with Gasteiger partial charge in [0, 0.05) is 21.3 Å². The molecule has 4 rings (SSSR count). The molecule has 1 fully saturated rings. The Hall–Kier alpha value is -1.30. The lowest BCUT2D eigenvalue weighted by molar-refractivity contribution is -0.0634. The topological polar surface area (TPSA) is 80.5 Å². The van der Waals surface area contributed by atoms with Crippen LogP contribution in [0.1, 0.15) is 6.23 Å². The van der Waals surface area contributed by atoms with Crippen molar-refractivity contribution in [2.45, 2.75) is 29.6 Å². The molecule has 0 aliphatic carbocycles. The molecule has 3 aromatic rings. The largest absolute Gasteiger partial charge is 0.382 e. The van der Waals surface area contributed by atoms with Crippen molar-refractivity contribution < 1.29 is 18.9 Å². The van der Waals surface area contributed by atoms with Crippen LogP contribution in [0.2, 0.25) is 0 Å². The number of hydrogen-bond acceptors (Lipinski definition) is 9. The van der Waals surface area contributed by atoms with E-state index in [9.17, 15) is 0 Å². The van der Waals surface area contributed by atoms with Crippen molar-refractivity contribution in [3.05, 3.63) is 12.7 Å². The van der Waals surface area contributed by atoms with Crippen LogP contribution in [0.4, 0.5) is 0 Å². The van der Waals surface area contributed by atoms with Gasteiger partial charge in [-0.1, -0.05) is 0 Å². The van der Waals surface area contributed by atoms with Gasteiger partial charge >= 0.3 is 0 Å². The van der Waals surface area contributed by atoms with E-state index >= 15 is 0 Å². The third kappa shape index (κ3) is 2.72. The zero-order chi connectivity index (χ0) is 18.3. The summed E-state index contributed by atoms with van der Waals surface area (Å²) in [6, 6.07) is 0. The number of nitrogens with zero attached hydrogens (tertiary/aromatic N) is 4. The molecular formula is C16H20N4O4S2. The van der Waals surface area contributed by atoms with Crippen LogP contribution < -0.4 is 0 Å². The molecule has 140 valence electrons. The van der Waals surface area contributed by atoms with Crippen LogP contribution in [0.5, 0.6) is 0 Å². The number of ether oxygens (including phenoxy) is 4. The highest BCUT2D eigenvalue weighted by Crippen LogP contribution is 2.40. The highest BCUT2D eigenvalue weighted by molar-refractivity contribution is 7.98. The molecule has 4 heterocycles. The lowest BCUT2D eigenvalue weighted by atomic mass is 10.1. The maximum absolute atomic E-state index is 6.24. The van der Waals surface area contributed by atoms with Crippen LogP contribution in [-0.4, -0.2) is 72.0 Å². The molecule has 1 aliphatic heterocycles. The van der Waals surface area contributed by atoms with Gasteiger partial charge in [-0.05, 0) is 6.26 Å². The van der Waals surface area contributed by atoms with Crippen LogP contribution in [0, 0.1) is 0 Å². The zero-order valence-electron chi connectivity index (χ0n) is 14.9. The second kappa shape index (κ2) is 7.37. The van der Waals surface area contributed by atoms with E-state index in [4.69, 9.17) is 18.9 Å². The van der Waals surface area contributed by atoms with Crippen LogP contribution >= 0.6 is 23.1 Å². The van der Waals surface area contributed by atoms with Gasteiger partial charge in [0.1, 0.15) is 45.5 Å². The van der Waals surface area contributed by atoms with Crippen molar-refractivity contribution in [1.82, 2.24) is 19.5 Å². The summed E-state index contributed by atoms with van der Waals surface area (Å²) in [5.41, 5.74) is 1.81. The Labute approximate surface area is 158 Å². The molecule has 0 N–H and O–H groups in total. The first-order valence-electron chi connectivity index (χ1n) is 8.07. The zero-order valence-corrected chi connectivity index (χ0v) is 16.5. The van der Waals surface area contributed by atoms with E-state index in [1.807, 2.05) is 10.8 Å². The predicted molar refractivity (Wildman–Crippen MR) is 99.9 cm³/mol. The molecule has 8 nitrogen and oxygen atoms in total. The normalized spacial score (nSPS) is 26.3. The van der Waals surface area contributed by atoms with E-state index in [1.54, 1.807) is 57.1 Å². The smallest absolute Gasteiger partial charge is 0.164 e. The van der Waals surface area contributed by atoms with Gasteiger partial charge in [-0.15, -0.1) is 23.1 Å². The first-order valence-corrected chi connectivity index (χ1v) is 10.1. The van der Waals surface area contributed by atoms with Gasteiger partial charge in [0.05, 0.1) is 17.6 Å². The fraction of sp³-hybridized carbons (Fsp3) is 0.562. The van der Waals surface area contributed by atoms with E-state index in [2.05, 4.69) is 15.0 Å². The third-order valence-corrected chi connectivity index (χ3v) is 6.49. The average Bonchev–Trinajstić information content (AvgIpc) is 3.32. The fourth-order valence-corrected chi connectivity index (χ4v) is 5.25. The Balaban J connectivity index is 1.83. The highest BCUT2D eigenvalue weighted by Gasteiger charge is 2.47. The molecule has 0 radical (unpaired) electrons. The van der Waals surface area contributed by atoms with E-state index in [0.29, 0.717) is 6.61 Å². The second-order valence-electron chi connectivity index (χ2n) is 5.89. The first kappa shape index (κ1) is 18.1. The maximum atomic E-state index is 6.24. The molecule has 0 unspecified atom stereocenters. The third-order valence-electron chi connectivity index (χ3n) is 4.58. The average molecular weight is 396 g/mol. The van der Waals surface area contributed by atoms with Gasteiger partial charge < -0.3 is 18.9 Å². The number of thioether (sulfide) groups is 1. The molecule has 1 saturated heterocycles. The van der Waals surface area contributed by atoms with E-state index < -0.39 is 0 Å². The number of methoxy groups -OCH3 is 3. The van der Waals surface area contributed by atoms with Gasteiger partial charge in [0.2, 0.25) is 0 Å². The molecule has 26 heavy (non-hydrogen) atoms. The highest BCUT2D eigenvalue weighted by atomic mass is 32.2. The lowest BCUT2D eigenvalue weighted by Gasteiger charge is -2.22. The summed E-state index contributed by atoms with van der Waals surface area (Å²) in [6.45, 7) is 0.426. The Kier molecular flexibility index (Phi) is 5.13. The number of imidazole rings is 1. The second-order valence-corrected chi connectivity index (χ2v) is 7.68. The number of aromatic nitrogens is 4. The molecule has 3 aromatic heterocycles. The molecule has 0 bridgehead atoms. The van der Waals surface area contributed by atoms with E-state index in [1.165, 1.54) is 0 Å². The number of fused-ring (bicyclic) bond motifs is 3. The summed E-state index contributed by atoms with van der Waals surface area (Å²) in [5.74, 6) is 0. The predicted octanol–water partition coefficient (Wildman–Crippen LogP) is 2.34. The maximum Gasteiger partial charge on any atom is 0.164 e. The van der Waals surface area contributed by atoms with Crippen LogP contribution in [-0.2, 0) is 18.9 Å². The summed E-state index contributed by atoms with van der Waals surface area (Å²) in [6.07, 6.45) is 4.26. The Morgan fingerprint density at radius 2 is 2.00 bits per heavy atom. The summed E-state index contributed by atoms with van der Waals surface area (Å²) in [5, 5.41) is 0.951. The Morgan fingerprint density at radius 1 is 1.19 bits per heavy atom. The molecule has 4 atom stereocenters. The monoisotopic (exact) mass is 396 g/mol.